The van der Waals surface area contributed by atoms with Crippen LogP contribution in [0, 0.1) is 0 Å². The predicted molar refractivity (Wildman–Crippen MR) is 85.8 cm³/mol. The third-order valence-electron chi connectivity index (χ3n) is 3.77. The fourth-order valence-corrected chi connectivity index (χ4v) is 2.69. The average Bonchev–Trinajstić information content (AvgIpc) is 2.47. The molecular weight excluding hydrogens is 270 g/mol. The zero-order valence-electron chi connectivity index (χ0n) is 11.8. The standard InChI is InChI=1S/C15H21N3OS/c1-11(18-9-5-2-6-10-18)15(19)17-13-8-4-3-7-12(13)14(16)20/h3-4,7-8,11H,2,5-6,9-10H2,1H3,(H2,16,20)(H,17,19). The van der Waals surface area contributed by atoms with E-state index in [9.17, 15) is 4.79 Å². The highest BCUT2D eigenvalue weighted by Gasteiger charge is 2.23. The van der Waals surface area contributed by atoms with Crippen LogP contribution in [-0.2, 0) is 4.79 Å². The number of likely N-dealkylation sites (tertiary alicyclic amines) is 1. The second kappa shape index (κ2) is 6.81. The van der Waals surface area contributed by atoms with Gasteiger partial charge in [0.2, 0.25) is 5.91 Å². The van der Waals surface area contributed by atoms with Crippen LogP contribution in [0.15, 0.2) is 24.3 Å². The summed E-state index contributed by atoms with van der Waals surface area (Å²) >= 11 is 5.01. The minimum atomic E-state index is -0.130. The molecule has 1 aromatic carbocycles. The minimum Gasteiger partial charge on any atom is -0.389 e. The van der Waals surface area contributed by atoms with Gasteiger partial charge in [-0.15, -0.1) is 0 Å². The van der Waals surface area contributed by atoms with Crippen LogP contribution < -0.4 is 11.1 Å². The second-order valence-electron chi connectivity index (χ2n) is 5.17. The maximum absolute atomic E-state index is 12.3. The molecule has 3 N–H and O–H groups in total. The molecule has 1 saturated heterocycles. The molecule has 1 aromatic rings. The second-order valence-corrected chi connectivity index (χ2v) is 5.61. The molecule has 0 aromatic heterocycles. The molecule has 1 aliphatic heterocycles. The molecule has 1 amide bonds. The lowest BCUT2D eigenvalue weighted by Gasteiger charge is -2.31. The van der Waals surface area contributed by atoms with Crippen LogP contribution in [0.4, 0.5) is 5.69 Å². The van der Waals surface area contributed by atoms with Crippen LogP contribution in [0.5, 0.6) is 0 Å². The number of thiocarbonyl (C=S) groups is 1. The summed E-state index contributed by atoms with van der Waals surface area (Å²) < 4.78 is 0. The number of para-hydroxylation sites is 1. The maximum atomic E-state index is 12.3. The Kier molecular flexibility index (Phi) is 5.09. The monoisotopic (exact) mass is 291 g/mol. The van der Waals surface area contributed by atoms with Crippen LogP contribution in [0.2, 0.25) is 0 Å². The summed E-state index contributed by atoms with van der Waals surface area (Å²) in [6.07, 6.45) is 3.59. The van der Waals surface area contributed by atoms with E-state index in [1.54, 1.807) is 0 Å². The first-order valence-corrected chi connectivity index (χ1v) is 7.44. The van der Waals surface area contributed by atoms with Crippen LogP contribution >= 0.6 is 12.2 Å². The molecule has 1 heterocycles. The molecule has 0 spiro atoms. The summed E-state index contributed by atoms with van der Waals surface area (Å²) in [6.45, 7) is 3.93. The van der Waals surface area contributed by atoms with Crippen molar-refractivity contribution < 1.29 is 4.79 Å². The highest BCUT2D eigenvalue weighted by molar-refractivity contribution is 7.80. The van der Waals surface area contributed by atoms with Gasteiger partial charge in [0.1, 0.15) is 4.99 Å². The van der Waals surface area contributed by atoms with Crippen molar-refractivity contribution in [2.24, 2.45) is 5.73 Å². The molecular formula is C15H21N3OS. The quantitative estimate of drug-likeness (QED) is 0.834. The highest BCUT2D eigenvalue weighted by Crippen LogP contribution is 2.17. The predicted octanol–water partition coefficient (Wildman–Crippen LogP) is 2.13. The van der Waals surface area contributed by atoms with Gasteiger partial charge in [0.15, 0.2) is 0 Å². The number of nitrogens with one attached hydrogen (secondary N) is 1. The smallest absolute Gasteiger partial charge is 0.241 e. The normalized spacial score (nSPS) is 17.4. The lowest BCUT2D eigenvalue weighted by molar-refractivity contribution is -0.121. The van der Waals surface area contributed by atoms with Gasteiger partial charge in [0.25, 0.3) is 0 Å². The number of nitrogens with two attached hydrogens (primary N) is 1. The first-order chi connectivity index (χ1) is 9.59. The van der Waals surface area contributed by atoms with Crippen LogP contribution in [0.1, 0.15) is 31.7 Å². The van der Waals surface area contributed by atoms with Gasteiger partial charge in [-0.25, -0.2) is 0 Å². The molecule has 0 aliphatic carbocycles. The van der Waals surface area contributed by atoms with Crippen molar-refractivity contribution >= 4 is 28.8 Å². The number of nitrogens with zero attached hydrogens (tertiary/aromatic N) is 1. The van der Waals surface area contributed by atoms with Crippen molar-refractivity contribution in [3.63, 3.8) is 0 Å². The number of amides is 1. The Morgan fingerprint density at radius 2 is 1.95 bits per heavy atom. The summed E-state index contributed by atoms with van der Waals surface area (Å²) in [7, 11) is 0. The minimum absolute atomic E-state index is 0.00407. The third kappa shape index (κ3) is 3.55. The maximum Gasteiger partial charge on any atom is 0.241 e. The summed E-state index contributed by atoms with van der Waals surface area (Å²) in [6, 6.07) is 7.25. The molecule has 4 nitrogen and oxygen atoms in total. The average molecular weight is 291 g/mol. The zero-order valence-corrected chi connectivity index (χ0v) is 12.6. The summed E-state index contributed by atoms with van der Waals surface area (Å²) in [4.78, 5) is 14.9. The van der Waals surface area contributed by atoms with E-state index in [1.807, 2.05) is 31.2 Å². The number of anilines is 1. The van der Waals surface area contributed by atoms with E-state index in [-0.39, 0.29) is 11.9 Å². The van der Waals surface area contributed by atoms with Crippen LogP contribution in [-0.4, -0.2) is 34.9 Å². The van der Waals surface area contributed by atoms with E-state index in [0.29, 0.717) is 16.2 Å². The van der Waals surface area contributed by atoms with Crippen molar-refractivity contribution in [2.45, 2.75) is 32.2 Å². The fraction of sp³-hybridized carbons (Fsp3) is 0.467. The van der Waals surface area contributed by atoms with Crippen molar-refractivity contribution in [2.75, 3.05) is 18.4 Å². The van der Waals surface area contributed by atoms with E-state index in [2.05, 4.69) is 10.2 Å². The Morgan fingerprint density at radius 3 is 2.60 bits per heavy atom. The van der Waals surface area contributed by atoms with Crippen LogP contribution in [0.3, 0.4) is 0 Å². The summed E-state index contributed by atoms with van der Waals surface area (Å²) in [5.41, 5.74) is 7.08. The molecule has 0 radical (unpaired) electrons. The lowest BCUT2D eigenvalue weighted by atomic mass is 10.1. The number of carbonyl (C=O) groups is 1. The van der Waals surface area contributed by atoms with Gasteiger partial charge >= 0.3 is 0 Å². The van der Waals surface area contributed by atoms with E-state index in [1.165, 1.54) is 19.3 Å². The largest absolute Gasteiger partial charge is 0.389 e. The number of benzene rings is 1. The summed E-state index contributed by atoms with van der Waals surface area (Å²) in [5.74, 6) is -0.00407. The van der Waals surface area contributed by atoms with E-state index >= 15 is 0 Å². The number of piperidine rings is 1. The Hall–Kier alpha value is -1.46. The van der Waals surface area contributed by atoms with Gasteiger partial charge < -0.3 is 11.1 Å². The highest BCUT2D eigenvalue weighted by atomic mass is 32.1. The van der Waals surface area contributed by atoms with Gasteiger partial charge in [-0.1, -0.05) is 30.8 Å². The molecule has 2 rings (SSSR count). The first kappa shape index (κ1) is 14.9. The van der Waals surface area contributed by atoms with E-state index in [4.69, 9.17) is 18.0 Å². The molecule has 0 bridgehead atoms. The van der Waals surface area contributed by atoms with Gasteiger partial charge in [-0.05, 0) is 45.0 Å². The topological polar surface area (TPSA) is 58.4 Å². The first-order valence-electron chi connectivity index (χ1n) is 7.03. The fourth-order valence-electron chi connectivity index (χ4n) is 2.52. The lowest BCUT2D eigenvalue weighted by Crippen LogP contribution is -2.44. The Labute approximate surface area is 125 Å². The molecule has 20 heavy (non-hydrogen) atoms. The Bertz CT molecular complexity index is 498. The van der Waals surface area contributed by atoms with E-state index < -0.39 is 0 Å². The SMILES string of the molecule is CC(C(=O)Nc1ccccc1C(N)=S)N1CCCCC1. The van der Waals surface area contributed by atoms with Gasteiger partial charge in [-0.2, -0.15) is 0 Å². The third-order valence-corrected chi connectivity index (χ3v) is 3.99. The van der Waals surface area contributed by atoms with Gasteiger partial charge in [0, 0.05) is 5.56 Å². The van der Waals surface area contributed by atoms with Crippen molar-refractivity contribution in [1.82, 2.24) is 4.90 Å². The number of rotatable bonds is 4. The molecule has 1 aliphatic rings. The van der Waals surface area contributed by atoms with Crippen molar-refractivity contribution in [3.05, 3.63) is 29.8 Å². The summed E-state index contributed by atoms with van der Waals surface area (Å²) in [5, 5.41) is 2.94. The van der Waals surface area contributed by atoms with E-state index in [0.717, 1.165) is 13.1 Å². The van der Waals surface area contributed by atoms with Crippen LogP contribution in [0.25, 0.3) is 0 Å². The number of hydrogen-bond donors (Lipinski definition) is 2. The Balaban J connectivity index is 2.05. The molecule has 1 unspecified atom stereocenters. The number of hydrogen-bond acceptors (Lipinski definition) is 3. The number of carbonyl (C=O) groups excluding carboxylic acids is 1. The molecule has 0 saturated carbocycles. The Morgan fingerprint density at radius 1 is 1.30 bits per heavy atom. The zero-order chi connectivity index (χ0) is 14.5. The van der Waals surface area contributed by atoms with Gasteiger partial charge in [-0.3, -0.25) is 9.69 Å². The van der Waals surface area contributed by atoms with Crippen molar-refractivity contribution in [3.8, 4) is 0 Å². The molecule has 1 atom stereocenters. The van der Waals surface area contributed by atoms with Crippen molar-refractivity contribution in [1.29, 1.82) is 0 Å². The van der Waals surface area contributed by atoms with Gasteiger partial charge in [0.05, 0.1) is 11.7 Å². The molecule has 108 valence electrons. The molecule has 1 fully saturated rings. The molecule has 5 heteroatoms.